The Hall–Kier alpha value is -1.22. The third kappa shape index (κ3) is 3.74. The van der Waals surface area contributed by atoms with E-state index < -0.39 is 15.2 Å². The molecular formula is C7H7ClN2O5S. The average Bonchev–Trinajstić information content (AvgIpc) is 2.13. The lowest BCUT2D eigenvalue weighted by Gasteiger charge is -2.02. The summed E-state index contributed by atoms with van der Waals surface area (Å²) in [5, 5.41) is 14.9. The Bertz CT molecular complexity index is 516. The molecule has 9 heteroatoms. The molecule has 88 valence electrons. The number of nitrogens with zero attached hydrogens (tertiary/aromatic N) is 1. The van der Waals surface area contributed by atoms with Gasteiger partial charge in [0.05, 0.1) is 11.5 Å². The summed E-state index contributed by atoms with van der Waals surface area (Å²) in [6.45, 7) is -0.323. The van der Waals surface area contributed by atoms with Crippen LogP contribution in [0, 0.1) is 10.1 Å². The second-order valence-corrected chi connectivity index (χ2v) is 4.43. The normalized spacial score (nSPS) is 11.4. The van der Waals surface area contributed by atoms with E-state index in [1.807, 2.05) is 0 Å². The van der Waals surface area contributed by atoms with Gasteiger partial charge in [-0.2, -0.15) is 8.42 Å². The molecule has 0 aliphatic carbocycles. The molecule has 0 heterocycles. The minimum atomic E-state index is -4.04. The fourth-order valence-electron chi connectivity index (χ4n) is 0.938. The van der Waals surface area contributed by atoms with Crippen LogP contribution in [0.15, 0.2) is 18.2 Å². The predicted octanol–water partition coefficient (Wildman–Crippen LogP) is 0.968. The molecule has 0 spiro atoms. The quantitative estimate of drug-likeness (QED) is 0.644. The number of rotatable bonds is 4. The Balaban J connectivity index is 2.86. The van der Waals surface area contributed by atoms with Crippen LogP contribution in [0.2, 0.25) is 5.02 Å². The average molecular weight is 267 g/mol. The lowest BCUT2D eigenvalue weighted by Crippen LogP contribution is -2.15. The number of hydrogen-bond donors (Lipinski definition) is 1. The third-order valence-electron chi connectivity index (χ3n) is 1.60. The fraction of sp³-hybridized carbons (Fsp3) is 0.143. The van der Waals surface area contributed by atoms with Crippen molar-refractivity contribution in [3.63, 3.8) is 0 Å². The molecule has 0 aliphatic heterocycles. The molecule has 0 amide bonds. The van der Waals surface area contributed by atoms with Crippen molar-refractivity contribution in [1.82, 2.24) is 0 Å². The van der Waals surface area contributed by atoms with Crippen molar-refractivity contribution in [3.05, 3.63) is 38.9 Å². The first-order valence-electron chi connectivity index (χ1n) is 3.89. The maximum absolute atomic E-state index is 10.5. The fourth-order valence-corrected chi connectivity index (χ4v) is 1.51. The number of halogens is 1. The third-order valence-corrected chi connectivity index (χ3v) is 2.35. The minimum absolute atomic E-state index is 0.0967. The van der Waals surface area contributed by atoms with Crippen LogP contribution in [0.1, 0.15) is 5.56 Å². The molecule has 0 unspecified atom stereocenters. The van der Waals surface area contributed by atoms with E-state index in [4.69, 9.17) is 11.6 Å². The summed E-state index contributed by atoms with van der Waals surface area (Å²) in [7, 11) is -4.04. The van der Waals surface area contributed by atoms with E-state index >= 15 is 0 Å². The van der Waals surface area contributed by atoms with Gasteiger partial charge in [-0.1, -0.05) is 11.6 Å². The zero-order valence-corrected chi connectivity index (χ0v) is 9.36. The molecule has 0 radical (unpaired) electrons. The van der Waals surface area contributed by atoms with Crippen LogP contribution in [0.25, 0.3) is 0 Å². The molecule has 0 saturated heterocycles. The van der Waals surface area contributed by atoms with Crippen molar-refractivity contribution in [2.75, 3.05) is 0 Å². The molecule has 0 fully saturated rings. The molecule has 1 rings (SSSR count). The van der Waals surface area contributed by atoms with Gasteiger partial charge >= 0.3 is 10.3 Å². The van der Waals surface area contributed by atoms with E-state index in [-0.39, 0.29) is 17.3 Å². The second kappa shape index (κ2) is 4.74. The van der Waals surface area contributed by atoms with Crippen molar-refractivity contribution in [2.45, 2.75) is 6.61 Å². The Kier molecular flexibility index (Phi) is 3.81. The highest BCUT2D eigenvalue weighted by molar-refractivity contribution is 7.84. The second-order valence-electron chi connectivity index (χ2n) is 2.80. The zero-order chi connectivity index (χ0) is 12.3. The molecule has 0 aliphatic rings. The van der Waals surface area contributed by atoms with Gasteiger partial charge in [0.2, 0.25) is 0 Å². The molecule has 2 N–H and O–H groups in total. The Labute approximate surface area is 96.2 Å². The summed E-state index contributed by atoms with van der Waals surface area (Å²) in [5.41, 5.74) is 0.102. The van der Waals surface area contributed by atoms with Crippen LogP contribution in [0.5, 0.6) is 0 Å². The number of nitro groups is 1. The highest BCUT2D eigenvalue weighted by Crippen LogP contribution is 2.25. The van der Waals surface area contributed by atoms with Gasteiger partial charge in [0.1, 0.15) is 5.02 Å². The van der Waals surface area contributed by atoms with Crippen LogP contribution in [0.3, 0.4) is 0 Å². The van der Waals surface area contributed by atoms with Crippen molar-refractivity contribution in [2.24, 2.45) is 5.14 Å². The van der Waals surface area contributed by atoms with Gasteiger partial charge in [0, 0.05) is 6.07 Å². The summed E-state index contributed by atoms with van der Waals surface area (Å²) < 4.78 is 25.3. The molecule has 1 aromatic rings. The van der Waals surface area contributed by atoms with Crippen LogP contribution in [-0.2, 0) is 21.1 Å². The summed E-state index contributed by atoms with van der Waals surface area (Å²) in [4.78, 5) is 9.78. The standard InChI is InChI=1S/C7H7ClN2O5S/c8-6-3-5(4-15-16(9,13)14)1-2-7(6)10(11)12/h1-3H,4H2,(H2,9,13,14). The van der Waals surface area contributed by atoms with Gasteiger partial charge in [-0.3, -0.25) is 14.3 Å². The summed E-state index contributed by atoms with van der Waals surface area (Å²) in [5.74, 6) is 0. The molecule has 1 aromatic carbocycles. The van der Waals surface area contributed by atoms with E-state index in [1.54, 1.807) is 0 Å². The van der Waals surface area contributed by atoms with E-state index in [0.717, 1.165) is 6.07 Å². The smallest absolute Gasteiger partial charge is 0.258 e. The number of nitro benzene ring substituents is 1. The van der Waals surface area contributed by atoms with E-state index in [9.17, 15) is 18.5 Å². The van der Waals surface area contributed by atoms with Gasteiger partial charge < -0.3 is 0 Å². The van der Waals surface area contributed by atoms with Gasteiger partial charge in [-0.25, -0.2) is 5.14 Å². The maximum atomic E-state index is 10.5. The SMILES string of the molecule is NS(=O)(=O)OCc1ccc([N+](=O)[O-])c(Cl)c1. The van der Waals surface area contributed by atoms with Crippen molar-refractivity contribution in [3.8, 4) is 0 Å². The number of hydrogen-bond acceptors (Lipinski definition) is 5. The monoisotopic (exact) mass is 266 g/mol. The summed E-state index contributed by atoms with van der Waals surface area (Å²) >= 11 is 5.60. The molecule has 0 saturated carbocycles. The molecule has 7 nitrogen and oxygen atoms in total. The van der Waals surface area contributed by atoms with Crippen LogP contribution in [-0.4, -0.2) is 13.3 Å². The van der Waals surface area contributed by atoms with Crippen molar-refractivity contribution < 1.29 is 17.5 Å². The van der Waals surface area contributed by atoms with Crippen LogP contribution < -0.4 is 5.14 Å². The lowest BCUT2D eigenvalue weighted by atomic mass is 10.2. The molecule has 16 heavy (non-hydrogen) atoms. The largest absolute Gasteiger partial charge is 0.333 e. The van der Waals surface area contributed by atoms with E-state index in [2.05, 4.69) is 9.32 Å². The molecular weight excluding hydrogens is 260 g/mol. The van der Waals surface area contributed by atoms with Crippen molar-refractivity contribution in [1.29, 1.82) is 0 Å². The van der Waals surface area contributed by atoms with Crippen LogP contribution in [0.4, 0.5) is 5.69 Å². The zero-order valence-electron chi connectivity index (χ0n) is 7.79. The topological polar surface area (TPSA) is 113 Å². The highest BCUT2D eigenvalue weighted by Gasteiger charge is 2.12. The van der Waals surface area contributed by atoms with Gasteiger partial charge in [0.15, 0.2) is 0 Å². The summed E-state index contributed by atoms with van der Waals surface area (Å²) in [6.07, 6.45) is 0. The molecule has 0 aromatic heterocycles. The first-order chi connectivity index (χ1) is 7.29. The Morgan fingerprint density at radius 2 is 2.12 bits per heavy atom. The molecule has 0 atom stereocenters. The Morgan fingerprint density at radius 1 is 1.50 bits per heavy atom. The lowest BCUT2D eigenvalue weighted by molar-refractivity contribution is -0.384. The maximum Gasteiger partial charge on any atom is 0.333 e. The van der Waals surface area contributed by atoms with E-state index in [1.165, 1.54) is 12.1 Å². The Morgan fingerprint density at radius 3 is 2.56 bits per heavy atom. The highest BCUT2D eigenvalue weighted by atomic mass is 35.5. The van der Waals surface area contributed by atoms with Gasteiger partial charge in [0.25, 0.3) is 5.69 Å². The number of benzene rings is 1. The summed E-state index contributed by atoms with van der Waals surface area (Å²) in [6, 6.07) is 3.73. The first kappa shape index (κ1) is 12.8. The van der Waals surface area contributed by atoms with Crippen molar-refractivity contribution >= 4 is 27.6 Å². The predicted molar refractivity (Wildman–Crippen MR) is 56.0 cm³/mol. The van der Waals surface area contributed by atoms with Gasteiger partial charge in [-0.15, -0.1) is 0 Å². The van der Waals surface area contributed by atoms with Crippen LogP contribution >= 0.6 is 11.6 Å². The number of nitrogens with two attached hydrogens (primary N) is 1. The van der Waals surface area contributed by atoms with Gasteiger partial charge in [-0.05, 0) is 17.7 Å². The first-order valence-corrected chi connectivity index (χ1v) is 5.74. The molecule has 0 bridgehead atoms. The van der Waals surface area contributed by atoms with E-state index in [0.29, 0.717) is 5.56 Å². The minimum Gasteiger partial charge on any atom is -0.258 e.